The van der Waals surface area contributed by atoms with Gasteiger partial charge in [-0.3, -0.25) is 0 Å². The Bertz CT molecular complexity index is 963. The second-order valence-electron chi connectivity index (χ2n) is 6.98. The van der Waals surface area contributed by atoms with E-state index in [0.29, 0.717) is 0 Å². The van der Waals surface area contributed by atoms with Crippen LogP contribution < -0.4 is 0 Å². The molecule has 0 aliphatic carbocycles. The summed E-state index contributed by atoms with van der Waals surface area (Å²) in [6, 6.07) is 22.1. The molecule has 2 aromatic heterocycles. The molecule has 0 fully saturated rings. The van der Waals surface area contributed by atoms with E-state index in [1.165, 1.54) is 32.9 Å². The molecule has 0 radical (unpaired) electrons. The van der Waals surface area contributed by atoms with Gasteiger partial charge < -0.3 is 0 Å². The quantitative estimate of drug-likeness (QED) is 0.337. The van der Waals surface area contributed by atoms with Crippen molar-refractivity contribution >= 4 is 15.1 Å². The first-order valence-electron chi connectivity index (χ1n) is 9.06. The fraction of sp³-hybridized carbons (Fsp3) is 0.167. The molecule has 0 bridgehead atoms. The predicted octanol–water partition coefficient (Wildman–Crippen LogP) is 8.54. The molecular weight excluding hydrogens is 350 g/mol. The highest BCUT2D eigenvalue weighted by Crippen LogP contribution is 2.61. The average Bonchev–Trinajstić information content (AvgIpc) is 3.13. The monoisotopic (exact) mass is 374 g/mol. The molecule has 2 heterocycles. The van der Waals surface area contributed by atoms with Crippen LogP contribution in [0.1, 0.15) is 22.3 Å². The first-order chi connectivity index (χ1) is 12.6. The summed E-state index contributed by atoms with van der Waals surface area (Å²) in [5.74, 6) is 5.03. The molecule has 4 aromatic rings. The molecule has 0 N–H and O–H groups in total. The van der Waals surface area contributed by atoms with Crippen LogP contribution in [0, 0.1) is 27.7 Å². The van der Waals surface area contributed by atoms with E-state index >= 15 is 0 Å². The van der Waals surface area contributed by atoms with Gasteiger partial charge in [-0.25, -0.2) is 0 Å². The van der Waals surface area contributed by atoms with Gasteiger partial charge in [0.15, 0.2) is 0 Å². The third kappa shape index (κ3) is 2.88. The van der Waals surface area contributed by atoms with E-state index in [0.717, 1.165) is 0 Å². The third-order valence-corrected chi connectivity index (χ3v) is 10.6. The number of hydrogen-bond acceptors (Lipinski definition) is 0. The van der Waals surface area contributed by atoms with Gasteiger partial charge in [0.25, 0.3) is 0 Å². The van der Waals surface area contributed by atoms with Crippen LogP contribution in [0.4, 0.5) is 0 Å². The van der Waals surface area contributed by atoms with Crippen LogP contribution in [-0.2, 0) is 0 Å². The fourth-order valence-electron chi connectivity index (χ4n) is 3.61. The topological polar surface area (TPSA) is 0 Å². The molecule has 0 aliphatic heterocycles. The molecule has 2 atom stereocenters. The van der Waals surface area contributed by atoms with Crippen LogP contribution in [0.15, 0.2) is 72.3 Å². The molecule has 130 valence electrons. The Morgan fingerprint density at radius 1 is 0.500 bits per heavy atom. The number of hydrogen-bond donors (Lipinski definition) is 0. The Balaban J connectivity index is 2.04. The van der Waals surface area contributed by atoms with Crippen molar-refractivity contribution in [1.29, 1.82) is 0 Å². The van der Waals surface area contributed by atoms with Gasteiger partial charge in [0.1, 0.15) is 0 Å². The van der Waals surface area contributed by atoms with E-state index < -0.39 is 15.1 Å². The Kier molecular flexibility index (Phi) is 4.66. The first kappa shape index (κ1) is 17.4. The van der Waals surface area contributed by atoms with Gasteiger partial charge in [-0.1, -0.05) is 75.7 Å². The van der Waals surface area contributed by atoms with Crippen molar-refractivity contribution in [3.63, 3.8) is 0 Å². The lowest BCUT2D eigenvalue weighted by Gasteiger charge is -2.13. The largest absolute Gasteiger partial charge is 0.0844 e. The highest BCUT2D eigenvalue weighted by atomic mass is 31.1. The molecular formula is C24H24P2. The smallest absolute Gasteiger partial charge is 0.0134 e. The maximum absolute atomic E-state index is 2.52. The molecule has 2 aromatic carbocycles. The molecule has 2 heteroatoms. The van der Waals surface area contributed by atoms with Crippen molar-refractivity contribution in [2.75, 3.05) is 0 Å². The molecule has 26 heavy (non-hydrogen) atoms. The second kappa shape index (κ2) is 6.96. The summed E-state index contributed by atoms with van der Waals surface area (Å²) in [6.07, 6.45) is 0. The van der Waals surface area contributed by atoms with Gasteiger partial charge in [-0.05, 0) is 72.2 Å². The van der Waals surface area contributed by atoms with Crippen molar-refractivity contribution in [2.45, 2.75) is 27.7 Å². The van der Waals surface area contributed by atoms with Crippen LogP contribution in [0.3, 0.4) is 0 Å². The molecule has 2 unspecified atom stereocenters. The van der Waals surface area contributed by atoms with E-state index in [2.05, 4.69) is 100.0 Å². The van der Waals surface area contributed by atoms with E-state index in [-0.39, 0.29) is 0 Å². The van der Waals surface area contributed by atoms with Crippen molar-refractivity contribution < 1.29 is 0 Å². The zero-order valence-electron chi connectivity index (χ0n) is 15.8. The molecule has 0 nitrogen and oxygen atoms in total. The lowest BCUT2D eigenvalue weighted by atomic mass is 10.1. The third-order valence-electron chi connectivity index (χ3n) is 5.31. The Morgan fingerprint density at radius 3 is 1.19 bits per heavy atom. The fourth-order valence-corrected chi connectivity index (χ4v) is 9.35. The SMILES string of the molecule is Cc1cp(-c2ccccc2)c(-c2c(C)c(C)cp2-c2ccccc2)c1C. The molecule has 0 saturated carbocycles. The van der Waals surface area contributed by atoms with E-state index in [9.17, 15) is 0 Å². The highest BCUT2D eigenvalue weighted by molar-refractivity contribution is 7.65. The van der Waals surface area contributed by atoms with Gasteiger partial charge in [-0.2, -0.15) is 0 Å². The van der Waals surface area contributed by atoms with Crippen LogP contribution >= 0.6 is 15.1 Å². The highest BCUT2D eigenvalue weighted by Gasteiger charge is 2.21. The van der Waals surface area contributed by atoms with Gasteiger partial charge in [0, 0.05) is 10.6 Å². The first-order valence-corrected chi connectivity index (χ1v) is 11.9. The van der Waals surface area contributed by atoms with Gasteiger partial charge in [-0.15, -0.1) is 0 Å². The van der Waals surface area contributed by atoms with Gasteiger partial charge >= 0.3 is 0 Å². The molecule has 4 rings (SSSR count). The van der Waals surface area contributed by atoms with Gasteiger partial charge in [0.05, 0.1) is 0 Å². The maximum atomic E-state index is 2.52. The van der Waals surface area contributed by atoms with Crippen LogP contribution in [-0.4, -0.2) is 0 Å². The molecule has 0 spiro atoms. The lowest BCUT2D eigenvalue weighted by molar-refractivity contribution is 1.38. The summed E-state index contributed by atoms with van der Waals surface area (Å²) in [4.78, 5) is 0. The predicted molar refractivity (Wildman–Crippen MR) is 119 cm³/mol. The van der Waals surface area contributed by atoms with Crippen molar-refractivity contribution in [3.05, 3.63) is 94.5 Å². The zero-order valence-corrected chi connectivity index (χ0v) is 17.6. The minimum atomic E-state index is -0.413. The summed E-state index contributed by atoms with van der Waals surface area (Å²) >= 11 is 0. The van der Waals surface area contributed by atoms with Crippen molar-refractivity contribution in [2.24, 2.45) is 0 Å². The summed E-state index contributed by atoms with van der Waals surface area (Å²) in [7, 11) is -0.827. The minimum Gasteiger partial charge on any atom is -0.0844 e. The second-order valence-corrected chi connectivity index (χ2v) is 10.9. The summed E-state index contributed by atoms with van der Waals surface area (Å²) in [6.45, 7) is 9.19. The van der Waals surface area contributed by atoms with E-state index in [4.69, 9.17) is 0 Å². The summed E-state index contributed by atoms with van der Waals surface area (Å²) in [5.41, 5.74) is 5.87. The standard InChI is InChI=1S/C24H24P2/c1-17-15-25(21-11-7-5-8-12-21)23(19(17)3)24-20(4)18(2)16-26(24)22-13-9-6-10-14-22/h5-16H,1-4H3. The Labute approximate surface area is 158 Å². The van der Waals surface area contributed by atoms with E-state index in [1.54, 1.807) is 10.6 Å². The zero-order chi connectivity index (χ0) is 18.3. The summed E-state index contributed by atoms with van der Waals surface area (Å²) < 4.78 is 0. The van der Waals surface area contributed by atoms with Crippen molar-refractivity contribution in [1.82, 2.24) is 0 Å². The number of rotatable bonds is 3. The van der Waals surface area contributed by atoms with E-state index in [1.807, 2.05) is 0 Å². The normalized spacial score (nSPS) is 12.5. The lowest BCUT2D eigenvalue weighted by Crippen LogP contribution is -1.81. The Morgan fingerprint density at radius 2 is 0.846 bits per heavy atom. The van der Waals surface area contributed by atoms with Crippen LogP contribution in [0.5, 0.6) is 0 Å². The van der Waals surface area contributed by atoms with Gasteiger partial charge in [0.2, 0.25) is 0 Å². The molecule has 0 saturated heterocycles. The van der Waals surface area contributed by atoms with Crippen molar-refractivity contribution in [3.8, 4) is 21.2 Å². The molecule has 0 aliphatic rings. The van der Waals surface area contributed by atoms with Crippen LogP contribution in [0.25, 0.3) is 21.2 Å². The number of aryl methyl sites for hydroxylation is 2. The molecule has 0 amide bonds. The average molecular weight is 374 g/mol. The summed E-state index contributed by atoms with van der Waals surface area (Å²) in [5, 5.41) is 6.12. The maximum Gasteiger partial charge on any atom is 0.0134 e. The Hall–Kier alpha value is -2.00. The van der Waals surface area contributed by atoms with Crippen LogP contribution in [0.2, 0.25) is 0 Å². The minimum absolute atomic E-state index is 0.413. The number of benzene rings is 2.